The van der Waals surface area contributed by atoms with Crippen molar-refractivity contribution < 1.29 is 23.0 Å². The number of nitrogens with zero attached hydrogens (tertiary/aromatic N) is 1. The van der Waals surface area contributed by atoms with Gasteiger partial charge in [0, 0.05) is 25.0 Å². The summed E-state index contributed by atoms with van der Waals surface area (Å²) in [4.78, 5) is 2.30. The highest BCUT2D eigenvalue weighted by Gasteiger charge is 2.41. The van der Waals surface area contributed by atoms with Crippen molar-refractivity contribution in [3.63, 3.8) is 0 Å². The van der Waals surface area contributed by atoms with Crippen LogP contribution in [0, 0.1) is 0 Å². The standard InChI is InChI=1S/C20H29F3N2O2/c1-24-16-8-11-25(13-16)14-18(19(26)9-3-2-4-10-19)15-6-5-7-17(12-15)27-20(21,22)23/h5-7,12,16,18,24,26H,2-4,8-11,13-14H2,1H3/t16-,18?/m1/s1. The number of alkyl halides is 3. The second-order valence-corrected chi connectivity index (χ2v) is 7.87. The molecule has 7 heteroatoms. The number of nitrogens with one attached hydrogen (secondary N) is 1. The van der Waals surface area contributed by atoms with Crippen LogP contribution in [0.3, 0.4) is 0 Å². The number of benzene rings is 1. The van der Waals surface area contributed by atoms with Gasteiger partial charge in [0.2, 0.25) is 0 Å². The van der Waals surface area contributed by atoms with E-state index >= 15 is 0 Å². The van der Waals surface area contributed by atoms with Crippen LogP contribution in [0.25, 0.3) is 0 Å². The van der Waals surface area contributed by atoms with E-state index in [1.807, 2.05) is 13.1 Å². The van der Waals surface area contributed by atoms with Gasteiger partial charge in [-0.1, -0.05) is 31.4 Å². The van der Waals surface area contributed by atoms with Gasteiger partial charge in [-0.3, -0.25) is 0 Å². The number of hydrogen-bond acceptors (Lipinski definition) is 4. The van der Waals surface area contributed by atoms with Crippen LogP contribution in [-0.4, -0.2) is 54.7 Å². The largest absolute Gasteiger partial charge is 0.573 e. The van der Waals surface area contributed by atoms with E-state index in [-0.39, 0.29) is 11.7 Å². The van der Waals surface area contributed by atoms with Crippen LogP contribution in [0.15, 0.2) is 24.3 Å². The van der Waals surface area contributed by atoms with Crippen LogP contribution in [0.2, 0.25) is 0 Å². The molecule has 1 saturated heterocycles. The lowest BCUT2D eigenvalue weighted by molar-refractivity contribution is -0.274. The molecule has 0 spiro atoms. The Bertz CT molecular complexity index is 617. The molecule has 1 aliphatic heterocycles. The molecular formula is C20H29F3N2O2. The molecule has 1 aromatic carbocycles. The van der Waals surface area contributed by atoms with Crippen LogP contribution >= 0.6 is 0 Å². The van der Waals surface area contributed by atoms with Crippen molar-refractivity contribution in [2.75, 3.05) is 26.7 Å². The van der Waals surface area contributed by atoms with Gasteiger partial charge in [-0.15, -0.1) is 13.2 Å². The van der Waals surface area contributed by atoms with Gasteiger partial charge >= 0.3 is 6.36 Å². The van der Waals surface area contributed by atoms with Crippen molar-refractivity contribution in [3.8, 4) is 5.75 Å². The van der Waals surface area contributed by atoms with Gasteiger partial charge in [-0.05, 0) is 50.6 Å². The highest BCUT2D eigenvalue weighted by atomic mass is 19.4. The molecule has 1 saturated carbocycles. The zero-order valence-corrected chi connectivity index (χ0v) is 15.8. The van der Waals surface area contributed by atoms with E-state index in [1.54, 1.807) is 6.07 Å². The number of ether oxygens (including phenoxy) is 1. The fourth-order valence-corrected chi connectivity index (χ4v) is 4.52. The van der Waals surface area contributed by atoms with Crippen molar-refractivity contribution in [1.29, 1.82) is 0 Å². The minimum absolute atomic E-state index is 0.223. The van der Waals surface area contributed by atoms with Gasteiger partial charge in [-0.25, -0.2) is 0 Å². The lowest BCUT2D eigenvalue weighted by Gasteiger charge is -2.41. The van der Waals surface area contributed by atoms with Crippen LogP contribution < -0.4 is 10.1 Å². The maximum atomic E-state index is 12.6. The Morgan fingerprint density at radius 3 is 2.67 bits per heavy atom. The number of aliphatic hydroxyl groups is 1. The van der Waals surface area contributed by atoms with Crippen molar-refractivity contribution in [3.05, 3.63) is 29.8 Å². The normalized spacial score (nSPS) is 24.7. The summed E-state index contributed by atoms with van der Waals surface area (Å²) in [5, 5.41) is 14.7. The topological polar surface area (TPSA) is 44.7 Å². The van der Waals surface area contributed by atoms with E-state index in [0.29, 0.717) is 31.0 Å². The predicted octanol–water partition coefficient (Wildman–Crippen LogP) is 3.66. The third-order valence-corrected chi connectivity index (χ3v) is 5.98. The summed E-state index contributed by atoms with van der Waals surface area (Å²) in [7, 11) is 1.94. The molecule has 0 radical (unpaired) electrons. The van der Waals surface area contributed by atoms with Gasteiger partial charge in [0.15, 0.2) is 0 Å². The van der Waals surface area contributed by atoms with Gasteiger partial charge in [-0.2, -0.15) is 0 Å². The molecule has 1 aliphatic carbocycles. The number of hydrogen-bond donors (Lipinski definition) is 2. The van der Waals surface area contributed by atoms with E-state index in [0.717, 1.165) is 38.8 Å². The van der Waals surface area contributed by atoms with Crippen LogP contribution in [0.4, 0.5) is 13.2 Å². The van der Waals surface area contributed by atoms with Gasteiger partial charge < -0.3 is 20.1 Å². The summed E-state index contributed by atoms with van der Waals surface area (Å²) < 4.78 is 42.0. The molecule has 1 unspecified atom stereocenters. The Labute approximate surface area is 158 Å². The number of likely N-dealkylation sites (tertiary alicyclic amines) is 1. The Kier molecular flexibility index (Phi) is 6.33. The molecule has 1 aromatic rings. The molecule has 152 valence electrons. The molecule has 0 amide bonds. The first-order chi connectivity index (χ1) is 12.8. The molecule has 2 atom stereocenters. The van der Waals surface area contributed by atoms with Crippen molar-refractivity contribution in [1.82, 2.24) is 10.2 Å². The Balaban J connectivity index is 1.84. The summed E-state index contributed by atoms with van der Waals surface area (Å²) in [6, 6.07) is 6.57. The zero-order valence-electron chi connectivity index (χ0n) is 15.8. The summed E-state index contributed by atoms with van der Waals surface area (Å²) in [6.07, 6.45) is 0.688. The second kappa shape index (κ2) is 8.37. The quantitative estimate of drug-likeness (QED) is 0.783. The molecule has 1 heterocycles. The van der Waals surface area contributed by atoms with Gasteiger partial charge in [0.1, 0.15) is 5.75 Å². The summed E-state index contributed by atoms with van der Waals surface area (Å²) in [5.41, 5.74) is -0.165. The van der Waals surface area contributed by atoms with E-state index < -0.39 is 12.0 Å². The van der Waals surface area contributed by atoms with Gasteiger partial charge in [0.25, 0.3) is 0 Å². The van der Waals surface area contributed by atoms with E-state index in [9.17, 15) is 18.3 Å². The highest BCUT2D eigenvalue weighted by molar-refractivity contribution is 5.33. The lowest BCUT2D eigenvalue weighted by atomic mass is 9.72. The number of rotatable bonds is 6. The minimum atomic E-state index is -4.72. The minimum Gasteiger partial charge on any atom is -0.406 e. The first-order valence-electron chi connectivity index (χ1n) is 9.77. The van der Waals surface area contributed by atoms with E-state index in [4.69, 9.17) is 0 Å². The molecular weight excluding hydrogens is 357 g/mol. The first kappa shape index (κ1) is 20.4. The number of likely N-dealkylation sites (N-methyl/N-ethyl adjacent to an activating group) is 1. The molecule has 0 bridgehead atoms. The lowest BCUT2D eigenvalue weighted by Crippen LogP contribution is -2.44. The SMILES string of the molecule is CN[C@@H]1CCN(CC(c2cccc(OC(F)(F)F)c2)C2(O)CCCCC2)C1. The Hall–Kier alpha value is -1.31. The van der Waals surface area contributed by atoms with Gasteiger partial charge in [0.05, 0.1) is 5.60 Å². The van der Waals surface area contributed by atoms with Crippen molar-refractivity contribution in [2.24, 2.45) is 0 Å². The summed E-state index contributed by atoms with van der Waals surface area (Å²) in [5.74, 6) is -0.455. The van der Waals surface area contributed by atoms with Crippen LogP contribution in [0.5, 0.6) is 5.75 Å². The van der Waals surface area contributed by atoms with Crippen molar-refractivity contribution >= 4 is 0 Å². The zero-order chi connectivity index (χ0) is 19.5. The molecule has 4 nitrogen and oxygen atoms in total. The molecule has 2 N–H and O–H groups in total. The predicted molar refractivity (Wildman–Crippen MR) is 97.8 cm³/mol. The Morgan fingerprint density at radius 1 is 1.30 bits per heavy atom. The maximum absolute atomic E-state index is 12.6. The van der Waals surface area contributed by atoms with E-state index in [2.05, 4.69) is 15.0 Å². The van der Waals surface area contributed by atoms with Crippen molar-refractivity contribution in [2.45, 2.75) is 62.4 Å². The Morgan fingerprint density at radius 2 is 2.04 bits per heavy atom. The third kappa shape index (κ3) is 5.36. The molecule has 27 heavy (non-hydrogen) atoms. The molecule has 3 rings (SSSR count). The first-order valence-corrected chi connectivity index (χ1v) is 9.77. The average Bonchev–Trinajstić information content (AvgIpc) is 3.07. The second-order valence-electron chi connectivity index (χ2n) is 7.87. The average molecular weight is 386 g/mol. The fraction of sp³-hybridized carbons (Fsp3) is 0.700. The third-order valence-electron chi connectivity index (χ3n) is 5.98. The molecule has 0 aromatic heterocycles. The van der Waals surface area contributed by atoms with Crippen LogP contribution in [0.1, 0.15) is 50.0 Å². The van der Waals surface area contributed by atoms with Crippen LogP contribution in [-0.2, 0) is 0 Å². The fourth-order valence-electron chi connectivity index (χ4n) is 4.52. The molecule has 2 fully saturated rings. The van der Waals surface area contributed by atoms with E-state index in [1.165, 1.54) is 12.1 Å². The summed E-state index contributed by atoms with van der Waals surface area (Å²) in [6.45, 7) is 2.46. The summed E-state index contributed by atoms with van der Waals surface area (Å²) >= 11 is 0. The monoisotopic (exact) mass is 386 g/mol. The molecule has 2 aliphatic rings. The maximum Gasteiger partial charge on any atom is 0.573 e. The number of halogens is 3. The highest BCUT2D eigenvalue weighted by Crippen LogP contribution is 2.41. The smallest absolute Gasteiger partial charge is 0.406 e.